The lowest BCUT2D eigenvalue weighted by Gasteiger charge is -2.32. The van der Waals surface area contributed by atoms with Gasteiger partial charge in [-0.15, -0.1) is 0 Å². The van der Waals surface area contributed by atoms with Gasteiger partial charge in [0.1, 0.15) is 17.2 Å². The highest BCUT2D eigenvalue weighted by molar-refractivity contribution is 6.02. The number of pyridine rings is 1. The van der Waals surface area contributed by atoms with Crippen molar-refractivity contribution in [3.05, 3.63) is 114 Å². The molecule has 5 aromatic rings. The Morgan fingerprint density at radius 3 is 2.50 bits per heavy atom. The van der Waals surface area contributed by atoms with Gasteiger partial charge in [-0.1, -0.05) is 48.5 Å². The standard InChI is InChI=1S/C35H32N2O5/c1-23-30-20-27(26-6-3-2-4-7-26)11-12-32(30)42-34(23)31(38)18-25-10-13-33(36-21-25)37-16-14-24(15-17-37)22-41-29-9-5-8-28(19-29)35(39)40/h2-13,19-21,24H,14-18,22H2,1H3,(H,39,40). The van der Waals surface area contributed by atoms with E-state index in [9.17, 15) is 9.59 Å². The number of rotatable bonds is 9. The zero-order valence-corrected chi connectivity index (χ0v) is 23.5. The van der Waals surface area contributed by atoms with E-state index in [4.69, 9.17) is 14.3 Å². The van der Waals surface area contributed by atoms with Crippen molar-refractivity contribution < 1.29 is 23.8 Å². The maximum absolute atomic E-state index is 13.2. The lowest BCUT2D eigenvalue weighted by atomic mass is 9.97. The van der Waals surface area contributed by atoms with Crippen LogP contribution >= 0.6 is 0 Å². The number of fused-ring (bicyclic) bond motifs is 1. The Bertz CT molecular complexity index is 1720. The van der Waals surface area contributed by atoms with Crippen LogP contribution in [-0.2, 0) is 6.42 Å². The molecule has 1 saturated heterocycles. The van der Waals surface area contributed by atoms with Crippen molar-refractivity contribution in [2.24, 2.45) is 5.92 Å². The molecule has 0 bridgehead atoms. The average molecular weight is 561 g/mol. The van der Waals surface area contributed by atoms with Crippen molar-refractivity contribution >= 4 is 28.5 Å². The SMILES string of the molecule is Cc1c(C(=O)Cc2ccc(N3CCC(COc4cccc(C(=O)O)c4)CC3)nc2)oc2ccc(-c3ccccc3)cc12. The molecule has 0 aliphatic carbocycles. The van der Waals surface area contributed by atoms with Crippen molar-refractivity contribution in [2.75, 3.05) is 24.6 Å². The van der Waals surface area contributed by atoms with Gasteiger partial charge < -0.3 is 19.2 Å². The number of aromatic carboxylic acids is 1. The monoisotopic (exact) mass is 560 g/mol. The smallest absolute Gasteiger partial charge is 0.335 e. The number of piperidine rings is 1. The molecule has 7 heteroatoms. The maximum Gasteiger partial charge on any atom is 0.335 e. The number of carboxylic acid groups (broad SMARTS) is 1. The van der Waals surface area contributed by atoms with Gasteiger partial charge in [0.15, 0.2) is 5.76 Å². The van der Waals surface area contributed by atoms with Crippen molar-refractivity contribution in [2.45, 2.75) is 26.2 Å². The summed E-state index contributed by atoms with van der Waals surface area (Å²) < 4.78 is 11.9. The second-order valence-corrected chi connectivity index (χ2v) is 10.8. The minimum atomic E-state index is -0.959. The largest absolute Gasteiger partial charge is 0.493 e. The van der Waals surface area contributed by atoms with Gasteiger partial charge in [0.25, 0.3) is 0 Å². The number of ketones is 1. The highest BCUT2D eigenvalue weighted by Crippen LogP contribution is 2.31. The molecule has 0 saturated carbocycles. The van der Waals surface area contributed by atoms with Gasteiger partial charge in [-0.05, 0) is 78.8 Å². The number of benzene rings is 3. The zero-order chi connectivity index (χ0) is 29.1. The summed E-state index contributed by atoms with van der Waals surface area (Å²) >= 11 is 0. The third-order valence-corrected chi connectivity index (χ3v) is 7.98. The Hall–Kier alpha value is -4.91. The average Bonchev–Trinajstić information content (AvgIpc) is 3.37. The van der Waals surface area contributed by atoms with E-state index in [1.807, 2.05) is 49.4 Å². The number of anilines is 1. The Morgan fingerprint density at radius 2 is 1.76 bits per heavy atom. The van der Waals surface area contributed by atoms with Crippen LogP contribution in [0.1, 0.15) is 44.9 Å². The first kappa shape index (κ1) is 27.3. The molecule has 1 aliphatic rings. The summed E-state index contributed by atoms with van der Waals surface area (Å²) in [5, 5.41) is 10.1. The number of hydrogen-bond donors (Lipinski definition) is 1. The molecule has 42 heavy (non-hydrogen) atoms. The number of carboxylic acids is 1. The van der Waals surface area contributed by atoms with Gasteiger partial charge in [-0.25, -0.2) is 9.78 Å². The number of Topliss-reactive ketones (excluding diaryl/α,β-unsaturated/α-hetero) is 1. The first-order chi connectivity index (χ1) is 20.4. The van der Waals surface area contributed by atoms with Gasteiger partial charge >= 0.3 is 5.97 Å². The highest BCUT2D eigenvalue weighted by Gasteiger charge is 2.22. The molecule has 0 unspecified atom stereocenters. The van der Waals surface area contributed by atoms with Crippen LogP contribution in [0.2, 0.25) is 0 Å². The second-order valence-electron chi connectivity index (χ2n) is 10.8. The topological polar surface area (TPSA) is 92.9 Å². The molecular weight excluding hydrogens is 528 g/mol. The molecule has 7 nitrogen and oxygen atoms in total. The maximum atomic E-state index is 13.2. The molecular formula is C35H32N2O5. The van der Waals surface area contributed by atoms with Crippen LogP contribution in [0, 0.1) is 12.8 Å². The van der Waals surface area contributed by atoms with Crippen molar-refractivity contribution in [3.8, 4) is 16.9 Å². The summed E-state index contributed by atoms with van der Waals surface area (Å²) in [6.45, 7) is 4.21. The molecule has 1 fully saturated rings. The van der Waals surface area contributed by atoms with E-state index in [-0.39, 0.29) is 17.8 Å². The van der Waals surface area contributed by atoms with Crippen LogP contribution < -0.4 is 9.64 Å². The third-order valence-electron chi connectivity index (χ3n) is 7.98. The summed E-state index contributed by atoms with van der Waals surface area (Å²) in [6.07, 6.45) is 3.92. The molecule has 0 spiro atoms. The number of furan rings is 1. The fourth-order valence-electron chi connectivity index (χ4n) is 5.53. The summed E-state index contributed by atoms with van der Waals surface area (Å²) in [5.41, 5.74) is 4.86. The first-order valence-electron chi connectivity index (χ1n) is 14.2. The van der Waals surface area contributed by atoms with Crippen LogP contribution in [0.15, 0.2) is 95.5 Å². The molecule has 3 heterocycles. The number of nitrogens with zero attached hydrogens (tertiary/aromatic N) is 2. The summed E-state index contributed by atoms with van der Waals surface area (Å²) in [4.78, 5) is 31.3. The zero-order valence-electron chi connectivity index (χ0n) is 23.5. The minimum absolute atomic E-state index is 0.0609. The fraction of sp³-hybridized carbons (Fsp3) is 0.229. The Balaban J connectivity index is 1.04. The molecule has 212 valence electrons. The minimum Gasteiger partial charge on any atom is -0.493 e. The van der Waals surface area contributed by atoms with Gasteiger partial charge in [-0.3, -0.25) is 4.79 Å². The van der Waals surface area contributed by atoms with E-state index >= 15 is 0 Å². The number of aryl methyl sites for hydroxylation is 1. The first-order valence-corrected chi connectivity index (χ1v) is 14.2. The molecule has 6 rings (SSSR count). The van der Waals surface area contributed by atoms with Crippen LogP contribution in [0.5, 0.6) is 5.75 Å². The van der Waals surface area contributed by atoms with Crippen LogP contribution in [0.25, 0.3) is 22.1 Å². The molecule has 3 aromatic carbocycles. The van der Waals surface area contributed by atoms with Crippen molar-refractivity contribution in [1.82, 2.24) is 4.98 Å². The summed E-state index contributed by atoms with van der Waals surface area (Å²) in [6, 6.07) is 26.8. The predicted octanol–water partition coefficient (Wildman–Crippen LogP) is 7.22. The quantitative estimate of drug-likeness (QED) is 0.190. The normalized spacial score (nSPS) is 13.8. The summed E-state index contributed by atoms with van der Waals surface area (Å²) in [5.74, 6) is 1.25. The van der Waals surface area contributed by atoms with Gasteiger partial charge in [-0.2, -0.15) is 0 Å². The van der Waals surface area contributed by atoms with Crippen LogP contribution in [-0.4, -0.2) is 41.5 Å². The Morgan fingerprint density at radius 1 is 0.952 bits per heavy atom. The molecule has 1 aliphatic heterocycles. The third kappa shape index (κ3) is 5.91. The number of carbonyl (C=O) groups excluding carboxylic acids is 1. The lowest BCUT2D eigenvalue weighted by molar-refractivity contribution is 0.0696. The van der Waals surface area contributed by atoms with E-state index < -0.39 is 5.97 Å². The second kappa shape index (κ2) is 11.9. The number of aromatic nitrogens is 1. The lowest BCUT2D eigenvalue weighted by Crippen LogP contribution is -2.36. The van der Waals surface area contributed by atoms with Gasteiger partial charge in [0.2, 0.25) is 5.78 Å². The molecule has 0 amide bonds. The molecule has 1 N–H and O–H groups in total. The fourth-order valence-corrected chi connectivity index (χ4v) is 5.53. The van der Waals surface area contributed by atoms with E-state index in [2.05, 4.69) is 28.1 Å². The van der Waals surface area contributed by atoms with Gasteiger partial charge in [0, 0.05) is 36.7 Å². The van der Waals surface area contributed by atoms with Crippen molar-refractivity contribution in [1.29, 1.82) is 0 Å². The number of carbonyl (C=O) groups is 2. The summed E-state index contributed by atoms with van der Waals surface area (Å²) in [7, 11) is 0. The number of ether oxygens (including phenoxy) is 1. The van der Waals surface area contributed by atoms with Crippen molar-refractivity contribution in [3.63, 3.8) is 0 Å². The molecule has 2 aromatic heterocycles. The van der Waals surface area contributed by atoms with Crippen LogP contribution in [0.4, 0.5) is 5.82 Å². The Kier molecular flexibility index (Phi) is 7.73. The van der Waals surface area contributed by atoms with E-state index in [0.29, 0.717) is 29.6 Å². The van der Waals surface area contributed by atoms with E-state index in [0.717, 1.165) is 59.4 Å². The van der Waals surface area contributed by atoms with E-state index in [1.165, 1.54) is 0 Å². The number of hydrogen-bond acceptors (Lipinski definition) is 6. The Labute approximate surface area is 244 Å². The highest BCUT2D eigenvalue weighted by atomic mass is 16.5. The van der Waals surface area contributed by atoms with Crippen LogP contribution in [0.3, 0.4) is 0 Å². The molecule has 0 radical (unpaired) electrons. The predicted molar refractivity (Wildman–Crippen MR) is 162 cm³/mol. The molecule has 0 atom stereocenters. The van der Waals surface area contributed by atoms with Gasteiger partial charge in [0.05, 0.1) is 12.2 Å². The van der Waals surface area contributed by atoms with E-state index in [1.54, 1.807) is 30.5 Å².